The van der Waals surface area contributed by atoms with Crippen LogP contribution in [-0.2, 0) is 0 Å². The Hall–Kier alpha value is -1.84. The highest BCUT2D eigenvalue weighted by molar-refractivity contribution is 5.29. The number of nitrogens with zero attached hydrogens (tertiary/aromatic N) is 3. The van der Waals surface area contributed by atoms with E-state index in [1.807, 2.05) is 24.7 Å². The van der Waals surface area contributed by atoms with Crippen molar-refractivity contribution in [1.82, 2.24) is 14.5 Å². The van der Waals surface area contributed by atoms with Crippen LogP contribution in [0.25, 0.3) is 0 Å². The van der Waals surface area contributed by atoms with Gasteiger partial charge in [-0.05, 0) is 25.0 Å². The van der Waals surface area contributed by atoms with Gasteiger partial charge < -0.3 is 9.88 Å². The van der Waals surface area contributed by atoms with Crippen LogP contribution in [0.15, 0.2) is 36.9 Å². The first-order valence-electron chi connectivity index (χ1n) is 6.49. The number of aromatic nitrogens is 3. The van der Waals surface area contributed by atoms with E-state index < -0.39 is 0 Å². The average Bonchev–Trinajstić information content (AvgIpc) is 2.88. The molecule has 2 aromatic heterocycles. The number of anilines is 1. The standard InChI is InChI=1S/C14H20N4/c1-3-4-8-16-14-17-9-10-18(14)12(2)13-6-5-7-15-11-13/h5-7,9-12H,3-4,8H2,1-2H3,(H,16,17). The molecule has 1 N–H and O–H groups in total. The van der Waals surface area contributed by atoms with Gasteiger partial charge in [0.15, 0.2) is 0 Å². The molecule has 0 aliphatic rings. The molecule has 0 aromatic carbocycles. The fourth-order valence-corrected chi connectivity index (χ4v) is 1.92. The van der Waals surface area contributed by atoms with Crippen molar-refractivity contribution in [2.75, 3.05) is 11.9 Å². The van der Waals surface area contributed by atoms with Crippen LogP contribution in [0.2, 0.25) is 0 Å². The molecule has 0 spiro atoms. The number of pyridine rings is 1. The molecule has 1 unspecified atom stereocenters. The van der Waals surface area contributed by atoms with Gasteiger partial charge in [-0.3, -0.25) is 4.98 Å². The van der Waals surface area contributed by atoms with Crippen LogP contribution < -0.4 is 5.32 Å². The Bertz CT molecular complexity index is 464. The van der Waals surface area contributed by atoms with Crippen molar-refractivity contribution in [3.05, 3.63) is 42.5 Å². The summed E-state index contributed by atoms with van der Waals surface area (Å²) in [6.45, 7) is 5.31. The summed E-state index contributed by atoms with van der Waals surface area (Å²) in [4.78, 5) is 8.53. The van der Waals surface area contributed by atoms with Gasteiger partial charge in [0.1, 0.15) is 0 Å². The molecule has 2 aromatic rings. The average molecular weight is 244 g/mol. The Morgan fingerprint density at radius 3 is 3.00 bits per heavy atom. The minimum atomic E-state index is 0.241. The summed E-state index contributed by atoms with van der Waals surface area (Å²) in [6, 6.07) is 4.30. The monoisotopic (exact) mass is 244 g/mol. The molecule has 0 amide bonds. The Balaban J connectivity index is 2.11. The molecule has 4 heteroatoms. The lowest BCUT2D eigenvalue weighted by atomic mass is 10.1. The first kappa shape index (κ1) is 12.6. The van der Waals surface area contributed by atoms with Crippen LogP contribution >= 0.6 is 0 Å². The molecule has 0 aliphatic carbocycles. The number of imidazole rings is 1. The van der Waals surface area contributed by atoms with Gasteiger partial charge in [0.05, 0.1) is 6.04 Å². The van der Waals surface area contributed by atoms with Crippen molar-refractivity contribution in [2.24, 2.45) is 0 Å². The molecule has 0 radical (unpaired) electrons. The Morgan fingerprint density at radius 1 is 1.39 bits per heavy atom. The molecular weight excluding hydrogens is 224 g/mol. The second-order valence-corrected chi connectivity index (χ2v) is 4.40. The van der Waals surface area contributed by atoms with Crippen molar-refractivity contribution in [1.29, 1.82) is 0 Å². The fraction of sp³-hybridized carbons (Fsp3) is 0.429. The largest absolute Gasteiger partial charge is 0.356 e. The van der Waals surface area contributed by atoms with E-state index in [0.29, 0.717) is 0 Å². The maximum atomic E-state index is 4.37. The van der Waals surface area contributed by atoms with Gasteiger partial charge in [-0.2, -0.15) is 0 Å². The minimum absolute atomic E-state index is 0.241. The molecule has 4 nitrogen and oxygen atoms in total. The topological polar surface area (TPSA) is 42.7 Å². The van der Waals surface area contributed by atoms with E-state index in [4.69, 9.17) is 0 Å². The van der Waals surface area contributed by atoms with E-state index >= 15 is 0 Å². The molecular formula is C14H20N4. The number of unbranched alkanes of at least 4 members (excludes halogenated alkanes) is 1. The third-order valence-corrected chi connectivity index (χ3v) is 3.07. The number of hydrogen-bond acceptors (Lipinski definition) is 3. The molecule has 0 saturated heterocycles. The first-order chi connectivity index (χ1) is 8.83. The quantitative estimate of drug-likeness (QED) is 0.794. The summed E-state index contributed by atoms with van der Waals surface area (Å²) in [7, 11) is 0. The Labute approximate surface area is 108 Å². The van der Waals surface area contributed by atoms with Gasteiger partial charge in [0.25, 0.3) is 0 Å². The first-order valence-corrected chi connectivity index (χ1v) is 6.49. The van der Waals surface area contributed by atoms with Crippen molar-refractivity contribution in [3.63, 3.8) is 0 Å². The van der Waals surface area contributed by atoms with Crippen LogP contribution in [0.4, 0.5) is 5.95 Å². The number of nitrogens with one attached hydrogen (secondary N) is 1. The smallest absolute Gasteiger partial charge is 0.203 e. The number of rotatable bonds is 6. The maximum Gasteiger partial charge on any atom is 0.203 e. The van der Waals surface area contributed by atoms with E-state index in [1.165, 1.54) is 12.0 Å². The van der Waals surface area contributed by atoms with Crippen molar-refractivity contribution in [3.8, 4) is 0 Å². The van der Waals surface area contributed by atoms with Crippen molar-refractivity contribution < 1.29 is 0 Å². The molecule has 1 atom stereocenters. The highest BCUT2D eigenvalue weighted by Gasteiger charge is 2.11. The van der Waals surface area contributed by atoms with Crippen LogP contribution in [0, 0.1) is 0 Å². The van der Waals surface area contributed by atoms with Gasteiger partial charge in [0.2, 0.25) is 5.95 Å². The SMILES string of the molecule is CCCCNc1nccn1C(C)c1cccnc1. The molecule has 0 aliphatic heterocycles. The normalized spacial score (nSPS) is 12.3. The van der Waals surface area contributed by atoms with Gasteiger partial charge in [-0.1, -0.05) is 19.4 Å². The van der Waals surface area contributed by atoms with E-state index in [1.54, 1.807) is 6.20 Å². The molecule has 0 bridgehead atoms. The zero-order valence-corrected chi connectivity index (χ0v) is 11.0. The lowest BCUT2D eigenvalue weighted by molar-refractivity contribution is 0.639. The fourth-order valence-electron chi connectivity index (χ4n) is 1.92. The van der Waals surface area contributed by atoms with E-state index in [-0.39, 0.29) is 6.04 Å². The van der Waals surface area contributed by atoms with E-state index in [0.717, 1.165) is 18.9 Å². The van der Waals surface area contributed by atoms with Crippen LogP contribution in [0.1, 0.15) is 38.3 Å². The molecule has 0 saturated carbocycles. The maximum absolute atomic E-state index is 4.37. The Kier molecular flexibility index (Phi) is 4.34. The van der Waals surface area contributed by atoms with Crippen LogP contribution in [-0.4, -0.2) is 21.1 Å². The third kappa shape index (κ3) is 2.88. The van der Waals surface area contributed by atoms with E-state index in [9.17, 15) is 0 Å². The van der Waals surface area contributed by atoms with Gasteiger partial charge in [-0.15, -0.1) is 0 Å². The van der Waals surface area contributed by atoms with Gasteiger partial charge in [-0.25, -0.2) is 4.98 Å². The van der Waals surface area contributed by atoms with Crippen molar-refractivity contribution in [2.45, 2.75) is 32.7 Å². The zero-order chi connectivity index (χ0) is 12.8. The predicted molar refractivity (Wildman–Crippen MR) is 73.7 cm³/mol. The van der Waals surface area contributed by atoms with Gasteiger partial charge in [0, 0.05) is 31.3 Å². The highest BCUT2D eigenvalue weighted by atomic mass is 15.2. The summed E-state index contributed by atoms with van der Waals surface area (Å²) in [5.74, 6) is 0.930. The minimum Gasteiger partial charge on any atom is -0.356 e. The van der Waals surface area contributed by atoms with E-state index in [2.05, 4.69) is 39.8 Å². The highest BCUT2D eigenvalue weighted by Crippen LogP contribution is 2.20. The third-order valence-electron chi connectivity index (χ3n) is 3.07. The molecule has 18 heavy (non-hydrogen) atoms. The second-order valence-electron chi connectivity index (χ2n) is 4.40. The molecule has 96 valence electrons. The zero-order valence-electron chi connectivity index (χ0n) is 11.0. The van der Waals surface area contributed by atoms with Crippen LogP contribution in [0.5, 0.6) is 0 Å². The summed E-state index contributed by atoms with van der Waals surface area (Å²) >= 11 is 0. The van der Waals surface area contributed by atoms with Crippen molar-refractivity contribution >= 4 is 5.95 Å². The summed E-state index contributed by atoms with van der Waals surface area (Å²) < 4.78 is 2.15. The Morgan fingerprint density at radius 2 is 2.28 bits per heavy atom. The predicted octanol–water partition coefficient (Wildman–Crippen LogP) is 3.10. The lowest BCUT2D eigenvalue weighted by Crippen LogP contribution is -2.12. The summed E-state index contributed by atoms with van der Waals surface area (Å²) in [5.41, 5.74) is 1.19. The van der Waals surface area contributed by atoms with Crippen LogP contribution in [0.3, 0.4) is 0 Å². The summed E-state index contributed by atoms with van der Waals surface area (Å²) in [6.07, 6.45) is 9.89. The number of hydrogen-bond donors (Lipinski definition) is 1. The van der Waals surface area contributed by atoms with Gasteiger partial charge >= 0.3 is 0 Å². The second kappa shape index (κ2) is 6.19. The molecule has 0 fully saturated rings. The molecule has 2 heterocycles. The summed E-state index contributed by atoms with van der Waals surface area (Å²) in [5, 5.41) is 3.38. The lowest BCUT2D eigenvalue weighted by Gasteiger charge is -2.17. The molecule has 2 rings (SSSR count).